The lowest BCUT2D eigenvalue weighted by molar-refractivity contribution is 0.101. The summed E-state index contributed by atoms with van der Waals surface area (Å²) in [5, 5.41) is 6.65. The second-order valence-corrected chi connectivity index (χ2v) is 6.72. The van der Waals surface area contributed by atoms with Crippen molar-refractivity contribution in [3.05, 3.63) is 66.2 Å². The van der Waals surface area contributed by atoms with Crippen molar-refractivity contribution >= 4 is 23.2 Å². The molecule has 0 aliphatic carbocycles. The van der Waals surface area contributed by atoms with Gasteiger partial charge in [0.15, 0.2) is 5.78 Å². The van der Waals surface area contributed by atoms with Gasteiger partial charge in [0.2, 0.25) is 5.95 Å². The molecule has 2 N–H and O–H groups in total. The average Bonchev–Trinajstić information content (AvgIpc) is 2.72. The van der Waals surface area contributed by atoms with E-state index in [1.165, 1.54) is 12.8 Å². The Balaban J connectivity index is 1.84. The molecule has 1 aromatic heterocycles. The van der Waals surface area contributed by atoms with Crippen molar-refractivity contribution in [3.8, 4) is 11.3 Å². The second-order valence-electron chi connectivity index (χ2n) is 6.72. The first kappa shape index (κ1) is 19.5. The van der Waals surface area contributed by atoms with Crippen LogP contribution in [-0.2, 0) is 0 Å². The SMILES string of the molecule is CCCCCNc1nc(Nc2ccc(C(C)=O)cc2)cc(-c2ccccc2)n1. The van der Waals surface area contributed by atoms with Crippen molar-refractivity contribution in [3.63, 3.8) is 0 Å². The Bertz CT molecular complexity index is 908. The van der Waals surface area contributed by atoms with Crippen LogP contribution in [0.25, 0.3) is 11.3 Å². The number of rotatable bonds is 9. The van der Waals surface area contributed by atoms with Crippen molar-refractivity contribution in [2.24, 2.45) is 0 Å². The van der Waals surface area contributed by atoms with E-state index in [1.54, 1.807) is 6.92 Å². The molecule has 1 heterocycles. The van der Waals surface area contributed by atoms with Gasteiger partial charge >= 0.3 is 0 Å². The first-order valence-corrected chi connectivity index (χ1v) is 9.72. The molecule has 0 bridgehead atoms. The lowest BCUT2D eigenvalue weighted by Crippen LogP contribution is -2.07. The maximum Gasteiger partial charge on any atom is 0.225 e. The Morgan fingerprint density at radius 2 is 1.71 bits per heavy atom. The lowest BCUT2D eigenvalue weighted by atomic mass is 10.1. The minimum Gasteiger partial charge on any atom is -0.354 e. The molecule has 0 unspecified atom stereocenters. The Kier molecular flexibility index (Phi) is 6.73. The fraction of sp³-hybridized carbons (Fsp3) is 0.261. The molecule has 5 heteroatoms. The van der Waals surface area contributed by atoms with Crippen molar-refractivity contribution in [1.29, 1.82) is 0 Å². The summed E-state index contributed by atoms with van der Waals surface area (Å²) >= 11 is 0. The lowest BCUT2D eigenvalue weighted by Gasteiger charge is -2.12. The third-order valence-corrected chi connectivity index (χ3v) is 4.42. The number of benzene rings is 2. The zero-order chi connectivity index (χ0) is 19.8. The molecule has 5 nitrogen and oxygen atoms in total. The van der Waals surface area contributed by atoms with Gasteiger partial charge < -0.3 is 10.6 Å². The van der Waals surface area contributed by atoms with E-state index in [0.29, 0.717) is 17.3 Å². The topological polar surface area (TPSA) is 66.9 Å². The van der Waals surface area contributed by atoms with E-state index < -0.39 is 0 Å². The highest BCUT2D eigenvalue weighted by Crippen LogP contribution is 2.24. The zero-order valence-electron chi connectivity index (χ0n) is 16.4. The predicted molar refractivity (Wildman–Crippen MR) is 115 cm³/mol. The van der Waals surface area contributed by atoms with Crippen molar-refractivity contribution in [2.45, 2.75) is 33.1 Å². The Hall–Kier alpha value is -3.21. The predicted octanol–water partition coefficient (Wildman–Crippen LogP) is 5.69. The maximum atomic E-state index is 11.5. The van der Waals surface area contributed by atoms with Gasteiger partial charge in [-0.25, -0.2) is 4.98 Å². The van der Waals surface area contributed by atoms with Crippen molar-refractivity contribution < 1.29 is 4.79 Å². The van der Waals surface area contributed by atoms with Gasteiger partial charge in [0.05, 0.1) is 5.69 Å². The highest BCUT2D eigenvalue weighted by Gasteiger charge is 2.08. The molecule has 0 amide bonds. The van der Waals surface area contributed by atoms with E-state index in [4.69, 9.17) is 0 Å². The van der Waals surface area contributed by atoms with Crippen LogP contribution in [-0.4, -0.2) is 22.3 Å². The minimum atomic E-state index is 0.0542. The fourth-order valence-corrected chi connectivity index (χ4v) is 2.86. The van der Waals surface area contributed by atoms with E-state index in [-0.39, 0.29) is 5.78 Å². The third-order valence-electron chi connectivity index (χ3n) is 4.42. The largest absolute Gasteiger partial charge is 0.354 e. The summed E-state index contributed by atoms with van der Waals surface area (Å²) < 4.78 is 0. The highest BCUT2D eigenvalue weighted by molar-refractivity contribution is 5.94. The van der Waals surface area contributed by atoms with Crippen LogP contribution in [0.3, 0.4) is 0 Å². The van der Waals surface area contributed by atoms with E-state index >= 15 is 0 Å². The molecule has 3 aromatic rings. The Labute approximate surface area is 166 Å². The van der Waals surface area contributed by atoms with Crippen molar-refractivity contribution in [1.82, 2.24) is 9.97 Å². The molecular weight excluding hydrogens is 348 g/mol. The number of Topliss-reactive ketones (excluding diaryl/α,β-unsaturated/α-hetero) is 1. The van der Waals surface area contributed by atoms with Gasteiger partial charge in [-0.1, -0.05) is 50.1 Å². The van der Waals surface area contributed by atoms with Crippen molar-refractivity contribution in [2.75, 3.05) is 17.2 Å². The van der Waals surface area contributed by atoms with Crippen LogP contribution in [0.5, 0.6) is 0 Å². The molecule has 0 atom stereocenters. The van der Waals surface area contributed by atoms with Gasteiger partial charge in [0.1, 0.15) is 5.82 Å². The number of hydrogen-bond donors (Lipinski definition) is 2. The van der Waals surface area contributed by atoms with E-state index in [9.17, 15) is 4.79 Å². The number of carbonyl (C=O) groups is 1. The minimum absolute atomic E-state index is 0.0542. The number of carbonyl (C=O) groups excluding carboxylic acids is 1. The summed E-state index contributed by atoms with van der Waals surface area (Å²) in [5.41, 5.74) is 3.46. The maximum absolute atomic E-state index is 11.5. The van der Waals surface area contributed by atoms with Crippen LogP contribution in [0, 0.1) is 0 Å². The molecular formula is C23H26N4O. The van der Waals surface area contributed by atoms with E-state index in [1.807, 2.05) is 60.7 Å². The first-order chi connectivity index (χ1) is 13.7. The summed E-state index contributed by atoms with van der Waals surface area (Å²) in [7, 11) is 0. The molecule has 0 aliphatic heterocycles. The molecule has 0 saturated heterocycles. The van der Waals surface area contributed by atoms with Crippen LogP contribution < -0.4 is 10.6 Å². The number of unbranched alkanes of at least 4 members (excludes halogenated alkanes) is 2. The second kappa shape index (κ2) is 9.65. The summed E-state index contributed by atoms with van der Waals surface area (Å²) in [6.45, 7) is 4.60. The summed E-state index contributed by atoms with van der Waals surface area (Å²) in [5.74, 6) is 1.38. The third kappa shape index (κ3) is 5.39. The molecule has 0 aliphatic rings. The number of nitrogens with zero attached hydrogens (tertiary/aromatic N) is 2. The van der Waals surface area contributed by atoms with Gasteiger partial charge in [0.25, 0.3) is 0 Å². The van der Waals surface area contributed by atoms with Crippen LogP contribution >= 0.6 is 0 Å². The number of anilines is 3. The van der Waals surface area contributed by atoms with Gasteiger partial charge in [-0.2, -0.15) is 4.98 Å². The van der Waals surface area contributed by atoms with Crippen LogP contribution in [0.4, 0.5) is 17.5 Å². The Morgan fingerprint density at radius 1 is 0.964 bits per heavy atom. The number of ketones is 1. The molecule has 2 aromatic carbocycles. The quantitative estimate of drug-likeness (QED) is 0.372. The number of aromatic nitrogens is 2. The molecule has 0 spiro atoms. The summed E-state index contributed by atoms with van der Waals surface area (Å²) in [6, 6.07) is 19.4. The summed E-state index contributed by atoms with van der Waals surface area (Å²) in [4.78, 5) is 20.7. The van der Waals surface area contributed by atoms with Crippen LogP contribution in [0.1, 0.15) is 43.5 Å². The molecule has 0 fully saturated rings. The molecule has 144 valence electrons. The normalized spacial score (nSPS) is 10.5. The molecule has 28 heavy (non-hydrogen) atoms. The molecule has 0 radical (unpaired) electrons. The first-order valence-electron chi connectivity index (χ1n) is 9.72. The summed E-state index contributed by atoms with van der Waals surface area (Å²) in [6.07, 6.45) is 3.44. The van der Waals surface area contributed by atoms with E-state index in [0.717, 1.165) is 29.9 Å². The monoisotopic (exact) mass is 374 g/mol. The number of nitrogens with one attached hydrogen (secondary N) is 2. The fourth-order valence-electron chi connectivity index (χ4n) is 2.86. The smallest absolute Gasteiger partial charge is 0.225 e. The van der Waals surface area contributed by atoms with E-state index in [2.05, 4.69) is 27.5 Å². The average molecular weight is 374 g/mol. The number of hydrogen-bond acceptors (Lipinski definition) is 5. The highest BCUT2D eigenvalue weighted by atomic mass is 16.1. The van der Waals surface area contributed by atoms with Crippen LogP contribution in [0.2, 0.25) is 0 Å². The van der Waals surface area contributed by atoms with Gasteiger partial charge in [-0.3, -0.25) is 4.79 Å². The van der Waals surface area contributed by atoms with Gasteiger partial charge in [-0.05, 0) is 37.6 Å². The van der Waals surface area contributed by atoms with Gasteiger partial charge in [0, 0.05) is 29.4 Å². The zero-order valence-corrected chi connectivity index (χ0v) is 16.4. The van der Waals surface area contributed by atoms with Gasteiger partial charge in [-0.15, -0.1) is 0 Å². The molecule has 0 saturated carbocycles. The van der Waals surface area contributed by atoms with Crippen LogP contribution in [0.15, 0.2) is 60.7 Å². The Morgan fingerprint density at radius 3 is 2.39 bits per heavy atom. The standard InChI is InChI=1S/C23H26N4O/c1-3-4-8-15-24-23-26-21(19-9-6-5-7-10-19)16-22(27-23)25-20-13-11-18(12-14-20)17(2)28/h5-7,9-14,16H,3-4,8,15H2,1-2H3,(H2,24,25,26,27). The molecule has 3 rings (SSSR count).